The lowest BCUT2D eigenvalue weighted by Crippen LogP contribution is -2.44. The summed E-state index contributed by atoms with van der Waals surface area (Å²) in [6.45, 7) is 7.11. The second kappa shape index (κ2) is 7.33. The highest BCUT2D eigenvalue weighted by Crippen LogP contribution is 2.13. The van der Waals surface area contributed by atoms with Crippen molar-refractivity contribution < 1.29 is 19.4 Å². The number of nitrogens with one attached hydrogen (secondary N) is 1. The van der Waals surface area contributed by atoms with E-state index < -0.39 is 5.97 Å². The number of carbonyl (C=O) groups excluding carboxylic acids is 1. The fourth-order valence-electron chi connectivity index (χ4n) is 2.13. The van der Waals surface area contributed by atoms with Crippen LogP contribution in [0.2, 0.25) is 0 Å². The minimum Gasteiger partial charge on any atom is -0.481 e. The highest BCUT2D eigenvalue weighted by atomic mass is 16.5. The van der Waals surface area contributed by atoms with E-state index in [1.165, 1.54) is 0 Å². The van der Waals surface area contributed by atoms with Gasteiger partial charge in [-0.3, -0.25) is 14.5 Å². The zero-order chi connectivity index (χ0) is 13.5. The number of nitrogens with zero attached hydrogens (tertiary/aromatic N) is 1. The van der Waals surface area contributed by atoms with Crippen LogP contribution in [0.15, 0.2) is 0 Å². The van der Waals surface area contributed by atoms with E-state index in [0.29, 0.717) is 6.61 Å². The molecule has 1 fully saturated rings. The predicted molar refractivity (Wildman–Crippen MR) is 66.3 cm³/mol. The van der Waals surface area contributed by atoms with Crippen LogP contribution in [-0.4, -0.2) is 60.3 Å². The molecule has 0 aromatic carbocycles. The van der Waals surface area contributed by atoms with Crippen LogP contribution in [0.4, 0.5) is 0 Å². The number of hydrogen-bond donors (Lipinski definition) is 2. The van der Waals surface area contributed by atoms with Crippen molar-refractivity contribution in [3.05, 3.63) is 0 Å². The SMILES string of the molecule is CCO[C@H]1CN(CC)C[C@@H]1NC(=O)CCC(=O)O. The zero-order valence-electron chi connectivity index (χ0n) is 11.0. The Kier molecular flexibility index (Phi) is 6.07. The molecule has 6 nitrogen and oxygen atoms in total. The zero-order valence-corrected chi connectivity index (χ0v) is 11.0. The van der Waals surface area contributed by atoms with Crippen molar-refractivity contribution in [2.75, 3.05) is 26.2 Å². The van der Waals surface area contributed by atoms with Crippen LogP contribution in [0.5, 0.6) is 0 Å². The molecule has 0 aromatic rings. The topological polar surface area (TPSA) is 78.9 Å². The lowest BCUT2D eigenvalue weighted by Gasteiger charge is -2.19. The number of aliphatic carboxylic acids is 1. The molecule has 0 aliphatic carbocycles. The van der Waals surface area contributed by atoms with Gasteiger partial charge in [-0.2, -0.15) is 0 Å². The first-order chi connectivity index (χ1) is 8.56. The Morgan fingerprint density at radius 3 is 2.61 bits per heavy atom. The Morgan fingerprint density at radius 1 is 1.33 bits per heavy atom. The van der Waals surface area contributed by atoms with E-state index in [-0.39, 0.29) is 30.9 Å². The van der Waals surface area contributed by atoms with Crippen LogP contribution in [-0.2, 0) is 14.3 Å². The van der Waals surface area contributed by atoms with E-state index in [4.69, 9.17) is 9.84 Å². The number of carboxylic acid groups (broad SMARTS) is 1. The molecule has 0 radical (unpaired) electrons. The van der Waals surface area contributed by atoms with Gasteiger partial charge in [0.05, 0.1) is 18.6 Å². The number of hydrogen-bond acceptors (Lipinski definition) is 4. The van der Waals surface area contributed by atoms with Gasteiger partial charge in [-0.05, 0) is 13.5 Å². The van der Waals surface area contributed by atoms with Gasteiger partial charge in [0.15, 0.2) is 0 Å². The largest absolute Gasteiger partial charge is 0.481 e. The van der Waals surface area contributed by atoms with Gasteiger partial charge in [0.2, 0.25) is 5.91 Å². The number of likely N-dealkylation sites (N-methyl/N-ethyl adjacent to an activating group) is 1. The summed E-state index contributed by atoms with van der Waals surface area (Å²) in [5.41, 5.74) is 0. The third-order valence-electron chi connectivity index (χ3n) is 3.08. The van der Waals surface area contributed by atoms with Crippen molar-refractivity contribution in [2.24, 2.45) is 0 Å². The maximum absolute atomic E-state index is 11.6. The predicted octanol–water partition coefficient (Wildman–Crippen LogP) is 0.0766. The van der Waals surface area contributed by atoms with Gasteiger partial charge in [0.1, 0.15) is 0 Å². The molecule has 1 amide bonds. The summed E-state index contributed by atoms with van der Waals surface area (Å²) in [4.78, 5) is 24.2. The number of carbonyl (C=O) groups is 2. The Balaban J connectivity index is 2.42. The normalized spacial score (nSPS) is 24.1. The minimum absolute atomic E-state index is 0.00345. The highest BCUT2D eigenvalue weighted by Gasteiger charge is 2.33. The molecular formula is C12H22N2O4. The Bertz CT molecular complexity index is 296. The Labute approximate surface area is 107 Å². The van der Waals surface area contributed by atoms with E-state index >= 15 is 0 Å². The van der Waals surface area contributed by atoms with Crippen LogP contribution in [0.1, 0.15) is 26.7 Å². The van der Waals surface area contributed by atoms with Gasteiger partial charge >= 0.3 is 5.97 Å². The molecule has 0 unspecified atom stereocenters. The highest BCUT2D eigenvalue weighted by molar-refractivity contribution is 5.80. The Hall–Kier alpha value is -1.14. The van der Waals surface area contributed by atoms with Crippen molar-refractivity contribution in [3.8, 4) is 0 Å². The summed E-state index contributed by atoms with van der Waals surface area (Å²) in [6.07, 6.45) is -0.102. The van der Waals surface area contributed by atoms with Crippen LogP contribution in [0, 0.1) is 0 Å². The number of amides is 1. The first kappa shape index (κ1) is 14.9. The van der Waals surface area contributed by atoms with Crippen molar-refractivity contribution in [2.45, 2.75) is 38.8 Å². The fourth-order valence-corrected chi connectivity index (χ4v) is 2.13. The van der Waals surface area contributed by atoms with E-state index in [1.807, 2.05) is 6.92 Å². The third kappa shape index (κ3) is 4.62. The summed E-state index contributed by atoms with van der Waals surface area (Å²) in [5.74, 6) is -1.17. The van der Waals surface area contributed by atoms with E-state index in [2.05, 4.69) is 17.1 Å². The molecule has 0 spiro atoms. The second-order valence-corrected chi connectivity index (χ2v) is 4.41. The Morgan fingerprint density at radius 2 is 2.06 bits per heavy atom. The summed E-state index contributed by atoms with van der Waals surface area (Å²) < 4.78 is 5.60. The molecule has 18 heavy (non-hydrogen) atoms. The molecule has 6 heteroatoms. The number of ether oxygens (including phenoxy) is 1. The maximum atomic E-state index is 11.6. The van der Waals surface area contributed by atoms with Gasteiger partial charge in [0, 0.05) is 26.1 Å². The quantitative estimate of drug-likeness (QED) is 0.676. The molecule has 1 saturated heterocycles. The van der Waals surface area contributed by atoms with Crippen LogP contribution in [0.3, 0.4) is 0 Å². The first-order valence-corrected chi connectivity index (χ1v) is 6.41. The molecule has 1 rings (SSSR count). The van der Waals surface area contributed by atoms with Crippen LogP contribution >= 0.6 is 0 Å². The summed E-state index contributed by atoms with van der Waals surface area (Å²) >= 11 is 0. The third-order valence-corrected chi connectivity index (χ3v) is 3.08. The molecule has 1 aliphatic heterocycles. The number of rotatable bonds is 7. The average molecular weight is 258 g/mol. The van der Waals surface area contributed by atoms with E-state index in [9.17, 15) is 9.59 Å². The summed E-state index contributed by atoms with van der Waals surface area (Å²) in [7, 11) is 0. The van der Waals surface area contributed by atoms with Gasteiger partial charge in [-0.25, -0.2) is 0 Å². The molecular weight excluding hydrogens is 236 g/mol. The van der Waals surface area contributed by atoms with Crippen molar-refractivity contribution in [3.63, 3.8) is 0 Å². The standard InChI is InChI=1S/C12H22N2O4/c1-3-14-7-9(10(8-14)18-4-2)13-11(15)5-6-12(16)17/h9-10H,3-8H2,1-2H3,(H,13,15)(H,16,17)/t9-,10-/m0/s1. The summed E-state index contributed by atoms with van der Waals surface area (Å²) in [5, 5.41) is 11.4. The van der Waals surface area contributed by atoms with Crippen LogP contribution < -0.4 is 5.32 Å². The maximum Gasteiger partial charge on any atom is 0.303 e. The van der Waals surface area contributed by atoms with E-state index in [1.54, 1.807) is 0 Å². The monoisotopic (exact) mass is 258 g/mol. The molecule has 1 heterocycles. The molecule has 2 atom stereocenters. The van der Waals surface area contributed by atoms with E-state index in [0.717, 1.165) is 19.6 Å². The number of carboxylic acids is 1. The molecule has 0 bridgehead atoms. The lowest BCUT2D eigenvalue weighted by molar-refractivity contribution is -0.139. The molecule has 0 saturated carbocycles. The average Bonchev–Trinajstić information content (AvgIpc) is 2.70. The van der Waals surface area contributed by atoms with Crippen molar-refractivity contribution >= 4 is 11.9 Å². The van der Waals surface area contributed by atoms with Crippen molar-refractivity contribution in [1.29, 1.82) is 0 Å². The van der Waals surface area contributed by atoms with Crippen LogP contribution in [0.25, 0.3) is 0 Å². The smallest absolute Gasteiger partial charge is 0.303 e. The van der Waals surface area contributed by atoms with Gasteiger partial charge < -0.3 is 15.2 Å². The molecule has 1 aliphatic rings. The number of likely N-dealkylation sites (tertiary alicyclic amines) is 1. The molecule has 104 valence electrons. The van der Waals surface area contributed by atoms with Gasteiger partial charge in [0.25, 0.3) is 0 Å². The molecule has 2 N–H and O–H groups in total. The van der Waals surface area contributed by atoms with Gasteiger partial charge in [-0.15, -0.1) is 0 Å². The lowest BCUT2D eigenvalue weighted by atomic mass is 10.2. The fraction of sp³-hybridized carbons (Fsp3) is 0.833. The first-order valence-electron chi connectivity index (χ1n) is 6.41. The van der Waals surface area contributed by atoms with Crippen molar-refractivity contribution in [1.82, 2.24) is 10.2 Å². The summed E-state index contributed by atoms with van der Waals surface area (Å²) in [6, 6.07) is -0.0359. The van der Waals surface area contributed by atoms with Gasteiger partial charge in [-0.1, -0.05) is 6.92 Å². The minimum atomic E-state index is -0.951. The molecule has 0 aromatic heterocycles. The second-order valence-electron chi connectivity index (χ2n) is 4.41.